The first-order valence-electron chi connectivity index (χ1n) is 14.7. The van der Waals surface area contributed by atoms with Crippen LogP contribution in [0.2, 0.25) is 0 Å². The van der Waals surface area contributed by atoms with Crippen molar-refractivity contribution in [2.45, 2.75) is 64.9 Å². The van der Waals surface area contributed by atoms with Crippen molar-refractivity contribution in [2.75, 3.05) is 12.4 Å². The maximum atomic E-state index is 12.7. The van der Waals surface area contributed by atoms with E-state index in [0.717, 1.165) is 16.7 Å². The predicted octanol–water partition coefficient (Wildman–Crippen LogP) is 4.82. The van der Waals surface area contributed by atoms with Crippen molar-refractivity contribution in [2.24, 2.45) is 0 Å². The number of hydrogen-bond donors (Lipinski definition) is 3. The Labute approximate surface area is 262 Å². The minimum atomic E-state index is -0.633. The number of hydrogen-bond acceptors (Lipinski definition) is 6. The van der Waals surface area contributed by atoms with E-state index in [-0.39, 0.29) is 30.4 Å². The number of amides is 6. The first kappa shape index (κ1) is 32.7. The molecule has 1 unspecified atom stereocenters. The van der Waals surface area contributed by atoms with Gasteiger partial charge in [0.1, 0.15) is 11.6 Å². The summed E-state index contributed by atoms with van der Waals surface area (Å²) in [5.74, 6) is -0.949. The number of nitrogens with one attached hydrogen (secondary N) is 3. The quantitative estimate of drug-likeness (QED) is 0.341. The number of urea groups is 1. The second kappa shape index (κ2) is 14.5. The van der Waals surface area contributed by atoms with Crippen LogP contribution in [0, 0.1) is 0 Å². The molecule has 6 amide bonds. The van der Waals surface area contributed by atoms with Gasteiger partial charge in [-0.05, 0) is 62.1 Å². The highest BCUT2D eigenvalue weighted by Gasteiger charge is 2.39. The van der Waals surface area contributed by atoms with Crippen LogP contribution in [0.5, 0.6) is 0 Å². The molecule has 0 aliphatic carbocycles. The lowest BCUT2D eigenvalue weighted by Gasteiger charge is -2.29. The van der Waals surface area contributed by atoms with Gasteiger partial charge in [-0.2, -0.15) is 0 Å². The van der Waals surface area contributed by atoms with Crippen LogP contribution in [0.3, 0.4) is 0 Å². The van der Waals surface area contributed by atoms with E-state index < -0.39 is 17.6 Å². The normalized spacial score (nSPS) is 15.7. The third kappa shape index (κ3) is 9.40. The molecule has 1 atom stereocenters. The lowest BCUT2D eigenvalue weighted by molar-refractivity contribution is -0.136. The maximum Gasteiger partial charge on any atom is 0.410 e. The second-order valence-electron chi connectivity index (χ2n) is 11.9. The molecule has 2 aliphatic heterocycles. The fourth-order valence-electron chi connectivity index (χ4n) is 4.88. The molecule has 3 aromatic rings. The van der Waals surface area contributed by atoms with Gasteiger partial charge in [0.2, 0.25) is 11.8 Å². The van der Waals surface area contributed by atoms with Crippen molar-refractivity contribution in [3.63, 3.8) is 0 Å². The molecule has 0 spiro atoms. The third-order valence-corrected chi connectivity index (χ3v) is 7.04. The highest BCUT2D eigenvalue weighted by molar-refractivity contribution is 6.05. The molecule has 1 saturated heterocycles. The standard InChI is InChI=1S/C21H20N4O4.C13H19NO2/c26-18-9-8-17(19(27)24-18)25-12-14-10-13(6-7-16(14)20(25)28)11-22-21(29)23-15-4-2-1-3-5-15;1-13(2,3)16-12(15)14(4)10-11-8-6-5-7-9-11/h1-7,10,17H,8-9,11-12H2,(H2,22,23,29)(H,24,26,27);5-9H,10H2,1-4H3. The monoisotopic (exact) mass is 613 g/mol. The average molecular weight is 614 g/mol. The molecule has 1 fully saturated rings. The third-order valence-electron chi connectivity index (χ3n) is 7.04. The summed E-state index contributed by atoms with van der Waals surface area (Å²) in [6, 6.07) is 23.4. The zero-order valence-corrected chi connectivity index (χ0v) is 26.0. The summed E-state index contributed by atoms with van der Waals surface area (Å²) in [5.41, 5.74) is 3.56. The Morgan fingerprint density at radius 1 is 0.956 bits per heavy atom. The molecule has 0 saturated carbocycles. The van der Waals surface area contributed by atoms with Crippen LogP contribution >= 0.6 is 0 Å². The summed E-state index contributed by atoms with van der Waals surface area (Å²) in [5, 5.41) is 7.82. The van der Waals surface area contributed by atoms with E-state index in [0.29, 0.717) is 37.3 Å². The minimum Gasteiger partial charge on any atom is -0.444 e. The predicted molar refractivity (Wildman–Crippen MR) is 169 cm³/mol. The number of imide groups is 1. The molecule has 5 rings (SSSR count). The van der Waals surface area contributed by atoms with Gasteiger partial charge in [-0.15, -0.1) is 0 Å². The molecule has 3 N–H and O–H groups in total. The van der Waals surface area contributed by atoms with Crippen molar-refractivity contribution in [1.82, 2.24) is 20.4 Å². The molecule has 0 bridgehead atoms. The Morgan fingerprint density at radius 2 is 1.62 bits per heavy atom. The molecule has 45 heavy (non-hydrogen) atoms. The molecule has 2 heterocycles. The largest absolute Gasteiger partial charge is 0.444 e. The van der Waals surface area contributed by atoms with Gasteiger partial charge < -0.3 is 25.2 Å². The Balaban J connectivity index is 0.000000245. The summed E-state index contributed by atoms with van der Waals surface area (Å²) in [6.07, 6.45) is 0.261. The molecule has 2 aliphatic rings. The number of piperidine rings is 1. The van der Waals surface area contributed by atoms with E-state index >= 15 is 0 Å². The number of nitrogens with zero attached hydrogens (tertiary/aromatic N) is 2. The van der Waals surface area contributed by atoms with Gasteiger partial charge in [0.15, 0.2) is 0 Å². The fraction of sp³-hybridized carbons (Fsp3) is 0.324. The Kier molecular flexibility index (Phi) is 10.6. The maximum absolute atomic E-state index is 12.7. The highest BCUT2D eigenvalue weighted by Crippen LogP contribution is 2.28. The van der Waals surface area contributed by atoms with E-state index in [9.17, 15) is 24.0 Å². The summed E-state index contributed by atoms with van der Waals surface area (Å²) >= 11 is 0. The number of carbonyl (C=O) groups is 5. The number of carbonyl (C=O) groups excluding carboxylic acids is 5. The van der Waals surface area contributed by atoms with Gasteiger partial charge in [-0.25, -0.2) is 9.59 Å². The van der Waals surface area contributed by atoms with E-state index in [4.69, 9.17) is 4.74 Å². The van der Waals surface area contributed by atoms with Crippen LogP contribution in [0.4, 0.5) is 15.3 Å². The topological polar surface area (TPSA) is 137 Å². The first-order chi connectivity index (χ1) is 21.4. The lowest BCUT2D eigenvalue weighted by Crippen LogP contribution is -2.52. The summed E-state index contributed by atoms with van der Waals surface area (Å²) in [4.78, 5) is 62.9. The Bertz CT molecular complexity index is 1540. The number of fused-ring (bicyclic) bond motifs is 1. The molecule has 11 nitrogen and oxygen atoms in total. The van der Waals surface area contributed by atoms with E-state index in [1.54, 1.807) is 36.2 Å². The van der Waals surface area contributed by atoms with Crippen molar-refractivity contribution in [1.29, 1.82) is 0 Å². The van der Waals surface area contributed by atoms with E-state index in [2.05, 4.69) is 16.0 Å². The summed E-state index contributed by atoms with van der Waals surface area (Å²) in [6.45, 7) is 6.77. The van der Waals surface area contributed by atoms with Crippen LogP contribution in [0.1, 0.15) is 60.7 Å². The van der Waals surface area contributed by atoms with Crippen molar-refractivity contribution < 1.29 is 28.7 Å². The van der Waals surface area contributed by atoms with Gasteiger partial charge >= 0.3 is 12.1 Å². The number of ether oxygens (including phenoxy) is 1. The van der Waals surface area contributed by atoms with Crippen LogP contribution in [0.25, 0.3) is 0 Å². The van der Waals surface area contributed by atoms with E-state index in [1.165, 1.54) is 4.90 Å². The molecule has 11 heteroatoms. The minimum absolute atomic E-state index is 0.212. The summed E-state index contributed by atoms with van der Waals surface area (Å²) < 4.78 is 5.26. The second-order valence-corrected chi connectivity index (χ2v) is 11.9. The van der Waals surface area contributed by atoms with Gasteiger partial charge in [0, 0.05) is 44.4 Å². The van der Waals surface area contributed by atoms with Gasteiger partial charge in [-0.3, -0.25) is 19.7 Å². The summed E-state index contributed by atoms with van der Waals surface area (Å²) in [7, 11) is 1.74. The van der Waals surface area contributed by atoms with E-state index in [1.807, 2.05) is 75.4 Å². The first-order valence-corrected chi connectivity index (χ1v) is 14.7. The van der Waals surface area contributed by atoms with Crippen molar-refractivity contribution >= 4 is 35.5 Å². The number of benzene rings is 3. The van der Waals surface area contributed by atoms with Gasteiger partial charge in [0.25, 0.3) is 5.91 Å². The Hall–Kier alpha value is -5.19. The Morgan fingerprint density at radius 3 is 2.27 bits per heavy atom. The van der Waals surface area contributed by atoms with Crippen LogP contribution in [0.15, 0.2) is 78.9 Å². The number of anilines is 1. The van der Waals surface area contributed by atoms with Crippen LogP contribution in [-0.4, -0.2) is 58.3 Å². The van der Waals surface area contributed by atoms with Crippen molar-refractivity contribution in [3.05, 3.63) is 101 Å². The zero-order valence-electron chi connectivity index (χ0n) is 26.0. The molecule has 236 valence electrons. The average Bonchev–Trinajstić information content (AvgIpc) is 3.31. The molecular weight excluding hydrogens is 574 g/mol. The molecule has 0 aromatic heterocycles. The lowest BCUT2D eigenvalue weighted by atomic mass is 10.0. The number of para-hydroxylation sites is 1. The number of rotatable bonds is 6. The van der Waals surface area contributed by atoms with Crippen molar-refractivity contribution in [3.8, 4) is 0 Å². The molecule has 0 radical (unpaired) electrons. The molecule has 3 aromatic carbocycles. The SMILES string of the molecule is CN(Cc1ccccc1)C(=O)OC(C)(C)C.O=C1CCC(N2Cc3cc(CNC(=O)Nc4ccccc4)ccc3C2=O)C(=O)N1. The van der Waals surface area contributed by atoms with Gasteiger partial charge in [-0.1, -0.05) is 60.7 Å². The smallest absolute Gasteiger partial charge is 0.410 e. The highest BCUT2D eigenvalue weighted by atomic mass is 16.6. The van der Waals surface area contributed by atoms with Crippen LogP contribution < -0.4 is 16.0 Å². The van der Waals surface area contributed by atoms with Gasteiger partial charge in [0.05, 0.1) is 0 Å². The fourth-order valence-corrected chi connectivity index (χ4v) is 4.88. The van der Waals surface area contributed by atoms with Crippen LogP contribution in [-0.2, 0) is 34.0 Å². The zero-order chi connectivity index (χ0) is 32.6. The molecular formula is C34H39N5O6.